The van der Waals surface area contributed by atoms with Gasteiger partial charge in [-0.3, -0.25) is 0 Å². The Kier molecular flexibility index (Phi) is 5.45. The van der Waals surface area contributed by atoms with Crippen molar-refractivity contribution in [2.45, 2.75) is 26.8 Å². The summed E-state index contributed by atoms with van der Waals surface area (Å²) < 4.78 is 5.12. The third kappa shape index (κ3) is 5.20. The average Bonchev–Trinajstić information content (AvgIpc) is 2.35. The largest absolute Gasteiger partial charge is 0.497 e. The first-order valence-corrected chi connectivity index (χ1v) is 6.11. The molecule has 0 aliphatic rings. The van der Waals surface area contributed by atoms with Crippen LogP contribution in [0.2, 0.25) is 0 Å². The van der Waals surface area contributed by atoms with Gasteiger partial charge >= 0.3 is 0 Å². The minimum absolute atomic E-state index is 0.229. The van der Waals surface area contributed by atoms with E-state index >= 15 is 0 Å². The summed E-state index contributed by atoms with van der Waals surface area (Å²) in [4.78, 5) is 0. The Morgan fingerprint density at radius 1 is 1.24 bits per heavy atom. The fourth-order valence-corrected chi connectivity index (χ4v) is 1.50. The molecule has 0 radical (unpaired) electrons. The summed E-state index contributed by atoms with van der Waals surface area (Å²) in [5, 5.41) is 3.43. The van der Waals surface area contributed by atoms with Crippen LogP contribution >= 0.6 is 0 Å². The molecule has 0 aromatic heterocycles. The summed E-state index contributed by atoms with van der Waals surface area (Å²) in [5.41, 5.74) is 7.19. The molecule has 0 saturated heterocycles. The highest BCUT2D eigenvalue weighted by molar-refractivity contribution is 5.26. The number of hydrogen-bond donors (Lipinski definition) is 2. The molecule has 0 heterocycles. The maximum absolute atomic E-state index is 5.69. The van der Waals surface area contributed by atoms with E-state index in [-0.39, 0.29) is 5.41 Å². The van der Waals surface area contributed by atoms with Crippen LogP contribution < -0.4 is 15.8 Å². The third-order valence-electron chi connectivity index (χ3n) is 3.02. The number of benzene rings is 1. The molecule has 0 fully saturated rings. The number of ether oxygens (including phenoxy) is 1. The minimum Gasteiger partial charge on any atom is -0.497 e. The maximum Gasteiger partial charge on any atom is 0.118 e. The van der Waals surface area contributed by atoms with Gasteiger partial charge in [-0.15, -0.1) is 0 Å². The summed E-state index contributed by atoms with van der Waals surface area (Å²) in [6.45, 7) is 7.02. The van der Waals surface area contributed by atoms with Crippen molar-refractivity contribution in [1.82, 2.24) is 5.32 Å². The van der Waals surface area contributed by atoms with Crippen molar-refractivity contribution in [2.75, 3.05) is 20.2 Å². The van der Waals surface area contributed by atoms with Gasteiger partial charge in [0.25, 0.3) is 0 Å². The van der Waals surface area contributed by atoms with E-state index in [1.54, 1.807) is 7.11 Å². The molecular weight excluding hydrogens is 212 g/mol. The maximum atomic E-state index is 5.69. The Bertz CT molecular complexity index is 319. The van der Waals surface area contributed by atoms with Gasteiger partial charge in [-0.05, 0) is 42.6 Å². The molecule has 3 N–H and O–H groups in total. The van der Waals surface area contributed by atoms with Crippen molar-refractivity contribution in [2.24, 2.45) is 11.1 Å². The van der Waals surface area contributed by atoms with Crippen molar-refractivity contribution in [1.29, 1.82) is 0 Å². The first-order valence-electron chi connectivity index (χ1n) is 6.11. The molecule has 1 aromatic rings. The summed E-state index contributed by atoms with van der Waals surface area (Å²) >= 11 is 0. The molecule has 1 aromatic carbocycles. The van der Waals surface area contributed by atoms with Crippen LogP contribution in [0, 0.1) is 5.41 Å². The molecule has 0 saturated carbocycles. The monoisotopic (exact) mass is 236 g/mol. The zero-order valence-electron chi connectivity index (χ0n) is 11.1. The molecule has 0 atom stereocenters. The van der Waals surface area contributed by atoms with Crippen LogP contribution in [0.1, 0.15) is 25.8 Å². The van der Waals surface area contributed by atoms with Crippen LogP contribution in [-0.2, 0) is 6.54 Å². The Hall–Kier alpha value is -1.06. The Balaban J connectivity index is 2.26. The number of hydrogen-bond acceptors (Lipinski definition) is 3. The molecular formula is C14H24N2O. The highest BCUT2D eigenvalue weighted by Gasteiger charge is 2.14. The summed E-state index contributed by atoms with van der Waals surface area (Å²) in [5.74, 6) is 0.901. The van der Waals surface area contributed by atoms with Gasteiger partial charge in [-0.1, -0.05) is 26.0 Å². The Morgan fingerprint density at radius 2 is 1.88 bits per heavy atom. The van der Waals surface area contributed by atoms with E-state index in [4.69, 9.17) is 10.5 Å². The molecule has 17 heavy (non-hydrogen) atoms. The quantitative estimate of drug-likeness (QED) is 0.713. The van der Waals surface area contributed by atoms with E-state index in [1.165, 1.54) is 5.56 Å². The minimum atomic E-state index is 0.229. The van der Waals surface area contributed by atoms with Crippen molar-refractivity contribution < 1.29 is 4.74 Å². The lowest BCUT2D eigenvalue weighted by Crippen LogP contribution is -2.28. The average molecular weight is 236 g/mol. The van der Waals surface area contributed by atoms with E-state index in [2.05, 4.69) is 31.3 Å². The lowest BCUT2D eigenvalue weighted by atomic mass is 9.90. The van der Waals surface area contributed by atoms with E-state index in [0.717, 1.165) is 31.8 Å². The fourth-order valence-electron chi connectivity index (χ4n) is 1.50. The Labute approximate surface area is 104 Å². The van der Waals surface area contributed by atoms with Crippen molar-refractivity contribution >= 4 is 0 Å². The van der Waals surface area contributed by atoms with Crippen LogP contribution in [0.5, 0.6) is 5.75 Å². The van der Waals surface area contributed by atoms with Crippen LogP contribution in [-0.4, -0.2) is 20.2 Å². The Morgan fingerprint density at radius 3 is 2.41 bits per heavy atom. The first kappa shape index (κ1) is 14.0. The number of rotatable bonds is 7. The standard InChI is InChI=1S/C14H24N2O/c1-14(2,11-15)8-9-16-10-12-4-6-13(17-3)7-5-12/h4-7,16H,8-11,15H2,1-3H3. The van der Waals surface area contributed by atoms with Crippen molar-refractivity contribution in [3.63, 3.8) is 0 Å². The van der Waals surface area contributed by atoms with Gasteiger partial charge in [0.1, 0.15) is 5.75 Å². The lowest BCUT2D eigenvalue weighted by molar-refractivity contribution is 0.339. The van der Waals surface area contributed by atoms with Crippen LogP contribution in [0.3, 0.4) is 0 Å². The summed E-state index contributed by atoms with van der Waals surface area (Å²) in [7, 11) is 1.68. The van der Waals surface area contributed by atoms with Gasteiger partial charge in [0, 0.05) is 6.54 Å². The second-order valence-corrected chi connectivity index (χ2v) is 5.14. The summed E-state index contributed by atoms with van der Waals surface area (Å²) in [6.07, 6.45) is 1.10. The van der Waals surface area contributed by atoms with Crippen molar-refractivity contribution in [3.8, 4) is 5.75 Å². The molecule has 0 bridgehead atoms. The van der Waals surface area contributed by atoms with E-state index in [0.29, 0.717) is 0 Å². The predicted octanol–water partition coefficient (Wildman–Crippen LogP) is 2.16. The van der Waals surface area contributed by atoms with Crippen LogP contribution in [0.15, 0.2) is 24.3 Å². The van der Waals surface area contributed by atoms with Gasteiger partial charge in [-0.25, -0.2) is 0 Å². The SMILES string of the molecule is COc1ccc(CNCCC(C)(C)CN)cc1. The molecule has 0 aliphatic heterocycles. The molecule has 0 amide bonds. The zero-order chi connectivity index (χ0) is 12.7. The van der Waals surface area contributed by atoms with E-state index < -0.39 is 0 Å². The lowest BCUT2D eigenvalue weighted by Gasteiger charge is -2.22. The molecule has 3 nitrogen and oxygen atoms in total. The van der Waals surface area contributed by atoms with Gasteiger partial charge in [-0.2, -0.15) is 0 Å². The van der Waals surface area contributed by atoms with Crippen molar-refractivity contribution in [3.05, 3.63) is 29.8 Å². The predicted molar refractivity (Wildman–Crippen MR) is 72.2 cm³/mol. The first-order chi connectivity index (χ1) is 8.07. The second-order valence-electron chi connectivity index (χ2n) is 5.14. The number of methoxy groups -OCH3 is 1. The normalized spacial score (nSPS) is 11.5. The van der Waals surface area contributed by atoms with Gasteiger partial charge in [0.15, 0.2) is 0 Å². The molecule has 96 valence electrons. The molecule has 0 unspecified atom stereocenters. The fraction of sp³-hybridized carbons (Fsp3) is 0.571. The molecule has 0 spiro atoms. The van der Waals surface area contributed by atoms with Crippen LogP contribution in [0.4, 0.5) is 0 Å². The highest BCUT2D eigenvalue weighted by Crippen LogP contribution is 2.17. The molecule has 1 rings (SSSR count). The second kappa shape index (κ2) is 6.62. The van der Waals surface area contributed by atoms with Gasteiger partial charge in [0.2, 0.25) is 0 Å². The van der Waals surface area contributed by atoms with Gasteiger partial charge < -0.3 is 15.8 Å². The molecule has 0 aliphatic carbocycles. The smallest absolute Gasteiger partial charge is 0.118 e. The summed E-state index contributed by atoms with van der Waals surface area (Å²) in [6, 6.07) is 8.14. The zero-order valence-corrected chi connectivity index (χ0v) is 11.1. The number of nitrogens with two attached hydrogens (primary N) is 1. The molecule has 3 heteroatoms. The third-order valence-corrected chi connectivity index (χ3v) is 3.02. The van der Waals surface area contributed by atoms with Crippen LogP contribution in [0.25, 0.3) is 0 Å². The van der Waals surface area contributed by atoms with E-state index in [9.17, 15) is 0 Å². The number of nitrogens with one attached hydrogen (secondary N) is 1. The highest BCUT2D eigenvalue weighted by atomic mass is 16.5. The van der Waals surface area contributed by atoms with E-state index in [1.807, 2.05) is 12.1 Å². The van der Waals surface area contributed by atoms with Gasteiger partial charge in [0.05, 0.1) is 7.11 Å². The topological polar surface area (TPSA) is 47.3 Å².